The summed E-state index contributed by atoms with van der Waals surface area (Å²) in [5.41, 5.74) is 1.59. The van der Waals surface area contributed by atoms with E-state index in [0.29, 0.717) is 28.1 Å². The van der Waals surface area contributed by atoms with E-state index in [1.807, 2.05) is 0 Å². The van der Waals surface area contributed by atoms with Crippen LogP contribution in [-0.2, 0) is 23.9 Å². The summed E-state index contributed by atoms with van der Waals surface area (Å²) in [6.45, 7) is 0.102. The van der Waals surface area contributed by atoms with E-state index in [-0.39, 0.29) is 18.9 Å². The summed E-state index contributed by atoms with van der Waals surface area (Å²) in [4.78, 5) is 21.8. The molecule has 1 amide bonds. The van der Waals surface area contributed by atoms with Crippen LogP contribution in [0.1, 0.15) is 16.8 Å². The van der Waals surface area contributed by atoms with E-state index in [4.69, 9.17) is 0 Å². The van der Waals surface area contributed by atoms with Crippen molar-refractivity contribution >= 4 is 11.6 Å². The molecular weight excluding hydrogens is 374 g/mol. The second-order valence-electron chi connectivity index (χ2n) is 6.44. The third kappa shape index (κ3) is 3.45. The van der Waals surface area contributed by atoms with Crippen molar-refractivity contribution < 1.29 is 22.4 Å². The van der Waals surface area contributed by atoms with Gasteiger partial charge in [0.2, 0.25) is 5.91 Å². The summed E-state index contributed by atoms with van der Waals surface area (Å²) in [5.74, 6) is -0.729. The highest BCUT2D eigenvalue weighted by atomic mass is 19.4. The lowest BCUT2D eigenvalue weighted by Crippen LogP contribution is -2.26. The SMILES string of the molecule is O=C1Cc2ncc(-c3cccc(C(F)(F)F)c3)cc2N1Cc1cncc(F)c1. The van der Waals surface area contributed by atoms with Gasteiger partial charge in [-0.05, 0) is 35.4 Å². The van der Waals surface area contributed by atoms with E-state index in [9.17, 15) is 22.4 Å². The molecule has 0 fully saturated rings. The molecule has 0 N–H and O–H groups in total. The summed E-state index contributed by atoms with van der Waals surface area (Å²) < 4.78 is 52.3. The van der Waals surface area contributed by atoms with Crippen LogP contribution in [0.15, 0.2) is 55.0 Å². The van der Waals surface area contributed by atoms with E-state index in [0.717, 1.165) is 18.3 Å². The van der Waals surface area contributed by atoms with E-state index in [2.05, 4.69) is 9.97 Å². The fourth-order valence-corrected chi connectivity index (χ4v) is 3.16. The number of amides is 1. The van der Waals surface area contributed by atoms with Crippen molar-refractivity contribution in [1.29, 1.82) is 0 Å². The summed E-state index contributed by atoms with van der Waals surface area (Å²) in [6, 6.07) is 7.83. The van der Waals surface area contributed by atoms with Crippen molar-refractivity contribution in [2.75, 3.05) is 4.90 Å². The Balaban J connectivity index is 1.70. The molecule has 1 aliphatic rings. The highest BCUT2D eigenvalue weighted by molar-refractivity contribution is 6.01. The number of carbonyl (C=O) groups excluding carboxylic acids is 1. The quantitative estimate of drug-likeness (QED) is 0.626. The summed E-state index contributed by atoms with van der Waals surface area (Å²) in [5, 5.41) is 0. The number of pyridine rings is 2. The third-order valence-electron chi connectivity index (χ3n) is 4.48. The molecule has 0 aliphatic carbocycles. The number of carbonyl (C=O) groups is 1. The van der Waals surface area contributed by atoms with Gasteiger partial charge in [-0.1, -0.05) is 12.1 Å². The Hall–Kier alpha value is -3.29. The molecule has 28 heavy (non-hydrogen) atoms. The number of aromatic nitrogens is 2. The van der Waals surface area contributed by atoms with Crippen LogP contribution in [0.3, 0.4) is 0 Å². The Kier molecular flexibility index (Phi) is 4.33. The number of halogens is 4. The molecule has 3 heterocycles. The number of nitrogens with zero attached hydrogens (tertiary/aromatic N) is 3. The van der Waals surface area contributed by atoms with Gasteiger partial charge in [-0.25, -0.2) is 4.39 Å². The van der Waals surface area contributed by atoms with Crippen LogP contribution in [0.25, 0.3) is 11.1 Å². The second kappa shape index (κ2) is 6.70. The Morgan fingerprint density at radius 1 is 1.04 bits per heavy atom. The average Bonchev–Trinajstić information content (AvgIpc) is 2.96. The van der Waals surface area contributed by atoms with Gasteiger partial charge in [0.05, 0.1) is 36.1 Å². The zero-order valence-electron chi connectivity index (χ0n) is 14.4. The van der Waals surface area contributed by atoms with E-state index in [1.54, 1.807) is 12.1 Å². The van der Waals surface area contributed by atoms with Crippen LogP contribution in [0, 0.1) is 5.82 Å². The number of hydrogen-bond donors (Lipinski definition) is 0. The maximum absolute atomic E-state index is 13.4. The predicted molar refractivity (Wildman–Crippen MR) is 93.8 cm³/mol. The number of alkyl halides is 3. The first-order valence-corrected chi connectivity index (χ1v) is 8.37. The van der Waals surface area contributed by atoms with Crippen molar-refractivity contribution in [2.45, 2.75) is 19.1 Å². The molecule has 8 heteroatoms. The van der Waals surface area contributed by atoms with Gasteiger partial charge in [-0.15, -0.1) is 0 Å². The number of fused-ring (bicyclic) bond motifs is 1. The van der Waals surface area contributed by atoms with E-state index in [1.165, 1.54) is 29.4 Å². The maximum Gasteiger partial charge on any atom is 0.416 e. The Labute approximate surface area is 157 Å². The topological polar surface area (TPSA) is 46.1 Å². The smallest absolute Gasteiger partial charge is 0.306 e. The number of hydrogen-bond acceptors (Lipinski definition) is 3. The lowest BCUT2D eigenvalue weighted by molar-refractivity contribution is -0.137. The molecule has 1 aromatic carbocycles. The zero-order valence-corrected chi connectivity index (χ0v) is 14.4. The molecule has 1 aliphatic heterocycles. The van der Waals surface area contributed by atoms with Gasteiger partial charge in [0.1, 0.15) is 5.82 Å². The molecular formula is C20H13F4N3O. The molecule has 0 unspecified atom stereocenters. The minimum Gasteiger partial charge on any atom is -0.306 e. The van der Waals surface area contributed by atoms with Gasteiger partial charge in [0, 0.05) is 18.0 Å². The predicted octanol–water partition coefficient (Wildman–Crippen LogP) is 4.39. The first-order valence-electron chi connectivity index (χ1n) is 8.37. The number of anilines is 1. The lowest BCUT2D eigenvalue weighted by atomic mass is 10.0. The fourth-order valence-electron chi connectivity index (χ4n) is 3.16. The van der Waals surface area contributed by atoms with E-state index < -0.39 is 17.6 Å². The fraction of sp³-hybridized carbons (Fsp3) is 0.150. The second-order valence-corrected chi connectivity index (χ2v) is 6.44. The van der Waals surface area contributed by atoms with Gasteiger partial charge in [-0.3, -0.25) is 14.8 Å². The molecule has 0 spiro atoms. The van der Waals surface area contributed by atoms with Crippen LogP contribution in [0.2, 0.25) is 0 Å². The van der Waals surface area contributed by atoms with Crippen LogP contribution in [0.5, 0.6) is 0 Å². The zero-order chi connectivity index (χ0) is 19.9. The van der Waals surface area contributed by atoms with Crippen molar-refractivity contribution in [3.05, 3.63) is 77.6 Å². The molecule has 0 bridgehead atoms. The minimum atomic E-state index is -4.45. The van der Waals surface area contributed by atoms with Gasteiger partial charge in [-0.2, -0.15) is 13.2 Å². The molecule has 0 atom stereocenters. The molecule has 0 radical (unpaired) electrons. The number of benzene rings is 1. The highest BCUT2D eigenvalue weighted by Crippen LogP contribution is 2.35. The molecule has 4 rings (SSSR count). The number of rotatable bonds is 3. The van der Waals surface area contributed by atoms with Crippen molar-refractivity contribution in [3.8, 4) is 11.1 Å². The monoisotopic (exact) mass is 387 g/mol. The molecule has 4 nitrogen and oxygen atoms in total. The standard InChI is InChI=1S/C20H13F4N3O/c21-16-4-12(8-25-10-16)11-27-18-6-14(9-26-17(18)7-19(27)28)13-2-1-3-15(5-13)20(22,23)24/h1-6,8-10H,7,11H2. The Bertz CT molecular complexity index is 1070. The largest absolute Gasteiger partial charge is 0.416 e. The molecule has 0 saturated carbocycles. The van der Waals surface area contributed by atoms with Gasteiger partial charge in [0.15, 0.2) is 0 Å². The van der Waals surface area contributed by atoms with Crippen molar-refractivity contribution in [3.63, 3.8) is 0 Å². The van der Waals surface area contributed by atoms with Crippen LogP contribution < -0.4 is 4.90 Å². The first-order chi connectivity index (χ1) is 13.3. The van der Waals surface area contributed by atoms with Crippen molar-refractivity contribution in [2.24, 2.45) is 0 Å². The molecule has 142 valence electrons. The summed E-state index contributed by atoms with van der Waals surface area (Å²) >= 11 is 0. The highest BCUT2D eigenvalue weighted by Gasteiger charge is 2.31. The molecule has 3 aromatic rings. The third-order valence-corrected chi connectivity index (χ3v) is 4.48. The first kappa shape index (κ1) is 18.1. The Morgan fingerprint density at radius 2 is 1.86 bits per heavy atom. The lowest BCUT2D eigenvalue weighted by Gasteiger charge is -2.18. The van der Waals surface area contributed by atoms with Crippen LogP contribution >= 0.6 is 0 Å². The maximum atomic E-state index is 13.4. The summed E-state index contributed by atoms with van der Waals surface area (Å²) in [6.07, 6.45) is -0.392. The molecule has 2 aromatic heterocycles. The average molecular weight is 387 g/mol. The van der Waals surface area contributed by atoms with Gasteiger partial charge >= 0.3 is 6.18 Å². The van der Waals surface area contributed by atoms with Crippen LogP contribution in [-0.4, -0.2) is 15.9 Å². The minimum absolute atomic E-state index is 0.0843. The van der Waals surface area contributed by atoms with Crippen molar-refractivity contribution in [1.82, 2.24) is 9.97 Å². The Morgan fingerprint density at radius 3 is 2.61 bits per heavy atom. The van der Waals surface area contributed by atoms with E-state index >= 15 is 0 Å². The summed E-state index contributed by atoms with van der Waals surface area (Å²) in [7, 11) is 0. The normalized spacial score (nSPS) is 13.7. The van der Waals surface area contributed by atoms with Crippen LogP contribution in [0.4, 0.5) is 23.2 Å². The molecule has 0 saturated heterocycles. The van der Waals surface area contributed by atoms with Gasteiger partial charge in [0.25, 0.3) is 0 Å². The van der Waals surface area contributed by atoms with Gasteiger partial charge < -0.3 is 4.90 Å².